The van der Waals surface area contributed by atoms with Crippen LogP contribution in [0.4, 0.5) is 0 Å². The summed E-state index contributed by atoms with van der Waals surface area (Å²) in [4.78, 5) is 12.1. The lowest BCUT2D eigenvalue weighted by Gasteiger charge is -2.08. The van der Waals surface area contributed by atoms with Gasteiger partial charge >= 0.3 is 5.97 Å². The van der Waals surface area contributed by atoms with Crippen molar-refractivity contribution in [1.29, 1.82) is 0 Å². The van der Waals surface area contributed by atoms with Gasteiger partial charge in [0.05, 0.1) is 6.61 Å². The zero-order valence-electron chi connectivity index (χ0n) is 14.6. The van der Waals surface area contributed by atoms with Gasteiger partial charge in [0.15, 0.2) is 0 Å². The minimum absolute atomic E-state index is 0.194. The third-order valence-electron chi connectivity index (χ3n) is 4.63. The highest BCUT2D eigenvalue weighted by molar-refractivity contribution is 7.17. The average Bonchev–Trinajstić information content (AvgIpc) is 3.15. The predicted octanol–water partition coefficient (Wildman–Crippen LogP) is 6.05. The Hall–Kier alpha value is -2.30. The van der Waals surface area contributed by atoms with E-state index in [1.807, 2.05) is 29.7 Å². The van der Waals surface area contributed by atoms with E-state index in [9.17, 15) is 4.79 Å². The van der Waals surface area contributed by atoms with Gasteiger partial charge in [0.2, 0.25) is 0 Å². The second-order valence-corrected chi connectivity index (χ2v) is 7.51. The van der Waals surface area contributed by atoms with Crippen molar-refractivity contribution in [3.63, 3.8) is 0 Å². The number of rotatable bonds is 4. The van der Waals surface area contributed by atoms with E-state index in [0.29, 0.717) is 11.6 Å². The lowest BCUT2D eigenvalue weighted by Crippen LogP contribution is -2.14. The van der Waals surface area contributed by atoms with E-state index >= 15 is 0 Å². The summed E-state index contributed by atoms with van der Waals surface area (Å²) in [5.41, 5.74) is 4.34. The summed E-state index contributed by atoms with van der Waals surface area (Å²) in [6, 6.07) is 14.2. The van der Waals surface area contributed by atoms with Crippen LogP contribution >= 0.6 is 22.9 Å². The van der Waals surface area contributed by atoms with Crippen molar-refractivity contribution in [3.05, 3.63) is 58.6 Å². The molecule has 0 bridgehead atoms. The third-order valence-corrected chi connectivity index (χ3v) is 5.83. The lowest BCUT2D eigenvalue weighted by molar-refractivity contribution is -0.143. The topological polar surface area (TPSA) is 31.2 Å². The van der Waals surface area contributed by atoms with Crippen molar-refractivity contribution in [1.82, 2.24) is 4.57 Å². The van der Waals surface area contributed by atoms with Crippen molar-refractivity contribution in [2.24, 2.45) is 0 Å². The highest BCUT2D eigenvalue weighted by Crippen LogP contribution is 2.41. The number of benzene rings is 2. The van der Waals surface area contributed by atoms with E-state index < -0.39 is 0 Å². The molecule has 0 unspecified atom stereocenters. The smallest absolute Gasteiger partial charge is 0.325 e. The molecule has 26 heavy (non-hydrogen) atoms. The Labute approximate surface area is 160 Å². The second-order valence-electron chi connectivity index (χ2n) is 6.16. The summed E-state index contributed by atoms with van der Waals surface area (Å²) < 4.78 is 8.42. The monoisotopic (exact) mass is 383 g/mol. The molecule has 0 spiro atoms. The maximum absolute atomic E-state index is 12.1. The van der Waals surface area contributed by atoms with Crippen LogP contribution in [0.2, 0.25) is 5.02 Å². The molecule has 3 nitrogen and oxygen atoms in total. The molecule has 0 aliphatic heterocycles. The first-order chi connectivity index (χ1) is 12.6. The number of hydrogen-bond donors (Lipinski definition) is 0. The molecule has 0 fully saturated rings. The molecule has 2 aromatic carbocycles. The van der Waals surface area contributed by atoms with Crippen molar-refractivity contribution in [2.45, 2.75) is 20.4 Å². The van der Waals surface area contributed by atoms with Crippen LogP contribution in [0.5, 0.6) is 0 Å². The number of hydrogen-bond acceptors (Lipinski definition) is 3. The SMILES string of the molecule is CCOC(=O)Cn1c(C)c(-c2csc3ccccc23)c2cc(Cl)ccc21. The second kappa shape index (κ2) is 6.78. The minimum atomic E-state index is -0.232. The number of fused-ring (bicyclic) bond motifs is 2. The number of halogens is 1. The molecule has 0 amide bonds. The van der Waals surface area contributed by atoms with Gasteiger partial charge in [-0.2, -0.15) is 0 Å². The Morgan fingerprint density at radius 2 is 2.00 bits per heavy atom. The van der Waals surface area contributed by atoms with Crippen molar-refractivity contribution < 1.29 is 9.53 Å². The molecule has 0 aliphatic carbocycles. The Balaban J connectivity index is 1.98. The molecule has 0 aliphatic rings. The first-order valence-electron chi connectivity index (χ1n) is 8.50. The molecule has 5 heteroatoms. The molecule has 2 heterocycles. The van der Waals surface area contributed by atoms with Gasteiger partial charge < -0.3 is 9.30 Å². The molecule has 0 saturated heterocycles. The van der Waals surface area contributed by atoms with Crippen molar-refractivity contribution in [3.8, 4) is 11.1 Å². The fraction of sp³-hybridized carbons (Fsp3) is 0.190. The quantitative estimate of drug-likeness (QED) is 0.402. The van der Waals surface area contributed by atoms with Crippen molar-refractivity contribution >= 4 is 49.9 Å². The van der Waals surface area contributed by atoms with Gasteiger partial charge in [-0.3, -0.25) is 4.79 Å². The van der Waals surface area contributed by atoms with Crippen LogP contribution in [0.25, 0.3) is 32.1 Å². The van der Waals surface area contributed by atoms with Crippen LogP contribution in [-0.4, -0.2) is 17.1 Å². The van der Waals surface area contributed by atoms with Crippen LogP contribution in [0.1, 0.15) is 12.6 Å². The van der Waals surface area contributed by atoms with Crippen LogP contribution < -0.4 is 0 Å². The van der Waals surface area contributed by atoms with Gasteiger partial charge in [0, 0.05) is 42.8 Å². The minimum Gasteiger partial charge on any atom is -0.465 e. The number of aromatic nitrogens is 1. The third kappa shape index (κ3) is 2.79. The summed E-state index contributed by atoms with van der Waals surface area (Å²) in [6.07, 6.45) is 0. The van der Waals surface area contributed by atoms with Crippen LogP contribution in [-0.2, 0) is 16.1 Å². The van der Waals surface area contributed by atoms with Gasteiger partial charge in [0.1, 0.15) is 6.54 Å². The zero-order valence-corrected chi connectivity index (χ0v) is 16.2. The first kappa shape index (κ1) is 17.1. The maximum atomic E-state index is 12.1. The van der Waals surface area contributed by atoms with Gasteiger partial charge in [0.25, 0.3) is 0 Å². The molecule has 0 radical (unpaired) electrons. The van der Waals surface area contributed by atoms with Crippen molar-refractivity contribution in [2.75, 3.05) is 6.61 Å². The normalized spacial score (nSPS) is 11.3. The van der Waals surface area contributed by atoms with Gasteiger partial charge in [-0.05, 0) is 43.5 Å². The lowest BCUT2D eigenvalue weighted by atomic mass is 10.0. The van der Waals surface area contributed by atoms with Gasteiger partial charge in [-0.15, -0.1) is 11.3 Å². The van der Waals surface area contributed by atoms with Gasteiger partial charge in [-0.25, -0.2) is 0 Å². The number of carbonyl (C=O) groups is 1. The highest BCUT2D eigenvalue weighted by atomic mass is 35.5. The summed E-state index contributed by atoms with van der Waals surface area (Å²) in [5, 5.41) is 5.15. The largest absolute Gasteiger partial charge is 0.465 e. The molecule has 4 rings (SSSR count). The van der Waals surface area contributed by atoms with Crippen LogP contribution in [0.3, 0.4) is 0 Å². The average molecular weight is 384 g/mol. The Bertz CT molecular complexity index is 1130. The molecule has 4 aromatic rings. The number of esters is 1. The molecule has 0 N–H and O–H groups in total. The predicted molar refractivity (Wildman–Crippen MR) is 109 cm³/mol. The number of carbonyl (C=O) groups excluding carboxylic acids is 1. The Kier molecular flexibility index (Phi) is 4.47. The standard InChI is InChI=1S/C21H18ClNO2S/c1-3-25-20(24)11-23-13(2)21(16-10-14(22)8-9-18(16)23)17-12-26-19-7-5-4-6-15(17)19/h4-10,12H,3,11H2,1-2H3. The maximum Gasteiger partial charge on any atom is 0.325 e. The molecular weight excluding hydrogens is 366 g/mol. The highest BCUT2D eigenvalue weighted by Gasteiger charge is 2.20. The van der Waals surface area contributed by atoms with E-state index in [4.69, 9.17) is 16.3 Å². The Morgan fingerprint density at radius 1 is 1.19 bits per heavy atom. The van der Waals surface area contributed by atoms with E-state index in [1.54, 1.807) is 11.3 Å². The summed E-state index contributed by atoms with van der Waals surface area (Å²) in [7, 11) is 0. The molecule has 132 valence electrons. The number of nitrogens with zero attached hydrogens (tertiary/aromatic N) is 1. The van der Waals surface area contributed by atoms with Crippen LogP contribution in [0.15, 0.2) is 47.8 Å². The van der Waals surface area contributed by atoms with E-state index in [-0.39, 0.29) is 12.5 Å². The molecular formula is C21H18ClNO2S. The molecule has 0 saturated carbocycles. The molecule has 0 atom stereocenters. The summed E-state index contributed by atoms with van der Waals surface area (Å²) >= 11 is 8.02. The Morgan fingerprint density at radius 3 is 2.81 bits per heavy atom. The molecule has 2 aromatic heterocycles. The summed E-state index contributed by atoms with van der Waals surface area (Å²) in [5.74, 6) is -0.232. The first-order valence-corrected chi connectivity index (χ1v) is 9.76. The van der Waals surface area contributed by atoms with Gasteiger partial charge in [-0.1, -0.05) is 29.8 Å². The zero-order chi connectivity index (χ0) is 18.3. The van der Waals surface area contributed by atoms with Crippen LogP contribution in [0, 0.1) is 6.92 Å². The number of thiophene rings is 1. The van der Waals surface area contributed by atoms with E-state index in [0.717, 1.165) is 22.2 Å². The fourth-order valence-corrected chi connectivity index (χ4v) is 4.63. The van der Waals surface area contributed by atoms with E-state index in [1.165, 1.54) is 15.6 Å². The summed E-state index contributed by atoms with van der Waals surface area (Å²) in [6.45, 7) is 4.45. The number of ether oxygens (including phenoxy) is 1. The fourth-order valence-electron chi connectivity index (χ4n) is 3.51. The van der Waals surface area contributed by atoms with E-state index in [2.05, 4.69) is 36.6 Å².